The van der Waals surface area contributed by atoms with Crippen LogP contribution in [0.4, 0.5) is 5.69 Å². The number of aliphatic hydroxyl groups excluding tert-OH is 1. The van der Waals surface area contributed by atoms with Gasteiger partial charge in [0.05, 0.1) is 11.0 Å². The maximum atomic E-state index is 10.6. The Hall–Kier alpha value is -2.18. The number of nitrogens with zero attached hydrogens (tertiary/aromatic N) is 1. The topological polar surface area (TPSA) is 103 Å². The molecule has 6 nitrogen and oxygen atoms in total. The molecule has 1 aromatic heterocycles. The number of aliphatic hydroxyl groups is 1. The Labute approximate surface area is 109 Å². The van der Waals surface area contributed by atoms with Gasteiger partial charge in [-0.1, -0.05) is 0 Å². The Morgan fingerprint density at radius 3 is 2.53 bits per heavy atom. The van der Waals surface area contributed by atoms with Crippen LogP contribution in [0.3, 0.4) is 0 Å². The van der Waals surface area contributed by atoms with Gasteiger partial charge in [0.2, 0.25) is 0 Å². The van der Waals surface area contributed by atoms with Gasteiger partial charge in [-0.05, 0) is 30.7 Å². The van der Waals surface area contributed by atoms with Crippen LogP contribution in [0, 0.1) is 10.1 Å². The number of nitro benzene ring substituents is 1. The van der Waals surface area contributed by atoms with Gasteiger partial charge in [0.25, 0.3) is 5.69 Å². The van der Waals surface area contributed by atoms with E-state index in [1.54, 1.807) is 24.3 Å². The van der Waals surface area contributed by atoms with Gasteiger partial charge in [-0.15, -0.1) is 0 Å². The van der Waals surface area contributed by atoms with Crippen molar-refractivity contribution in [2.75, 3.05) is 6.61 Å². The van der Waals surface area contributed by atoms with Crippen LogP contribution in [0.2, 0.25) is 0 Å². The van der Waals surface area contributed by atoms with Gasteiger partial charge >= 0.3 is 0 Å². The summed E-state index contributed by atoms with van der Waals surface area (Å²) in [5, 5.41) is 19.4. The molecule has 0 amide bonds. The predicted octanol–water partition coefficient (Wildman–Crippen LogP) is 2.24. The van der Waals surface area contributed by atoms with E-state index in [9.17, 15) is 10.1 Å². The lowest BCUT2D eigenvalue weighted by Crippen LogP contribution is -2.10. The first kappa shape index (κ1) is 13.3. The number of rotatable bonds is 5. The highest BCUT2D eigenvalue weighted by Gasteiger charge is 2.12. The maximum Gasteiger partial charge on any atom is 0.269 e. The number of hydrogen-bond donors (Lipinski definition) is 2. The molecule has 2 rings (SSSR count). The molecule has 0 spiro atoms. The normalized spacial score (nSPS) is 12.3. The van der Waals surface area contributed by atoms with Crippen LogP contribution < -0.4 is 5.73 Å². The van der Waals surface area contributed by atoms with Gasteiger partial charge in [0, 0.05) is 24.3 Å². The van der Waals surface area contributed by atoms with Crippen molar-refractivity contribution in [3.05, 3.63) is 52.3 Å². The molecule has 19 heavy (non-hydrogen) atoms. The predicted molar refractivity (Wildman–Crippen MR) is 69.4 cm³/mol. The van der Waals surface area contributed by atoms with Crippen molar-refractivity contribution in [3.8, 4) is 11.3 Å². The first-order chi connectivity index (χ1) is 9.11. The van der Waals surface area contributed by atoms with Gasteiger partial charge in [-0.3, -0.25) is 10.1 Å². The van der Waals surface area contributed by atoms with Gasteiger partial charge in [0.15, 0.2) is 0 Å². The lowest BCUT2D eigenvalue weighted by Gasteiger charge is -2.05. The van der Waals surface area contributed by atoms with Gasteiger partial charge in [-0.2, -0.15) is 0 Å². The number of nitrogens with two attached hydrogens (primary N) is 1. The van der Waals surface area contributed by atoms with E-state index in [1.807, 2.05) is 0 Å². The Morgan fingerprint density at radius 1 is 1.26 bits per heavy atom. The highest BCUT2D eigenvalue weighted by Crippen LogP contribution is 2.27. The average Bonchev–Trinajstić information content (AvgIpc) is 2.89. The molecule has 0 saturated carbocycles. The lowest BCUT2D eigenvalue weighted by atomic mass is 10.1. The molecule has 100 valence electrons. The van der Waals surface area contributed by atoms with Crippen molar-refractivity contribution >= 4 is 5.69 Å². The van der Waals surface area contributed by atoms with E-state index >= 15 is 0 Å². The van der Waals surface area contributed by atoms with Crippen molar-refractivity contribution in [1.29, 1.82) is 0 Å². The molecular weight excluding hydrogens is 248 g/mol. The largest absolute Gasteiger partial charge is 0.459 e. The van der Waals surface area contributed by atoms with E-state index in [1.165, 1.54) is 12.1 Å². The Kier molecular flexibility index (Phi) is 3.94. The van der Waals surface area contributed by atoms with Crippen molar-refractivity contribution in [3.63, 3.8) is 0 Å². The molecule has 0 aliphatic rings. The van der Waals surface area contributed by atoms with Crippen molar-refractivity contribution in [2.45, 2.75) is 12.5 Å². The Balaban J connectivity index is 2.20. The van der Waals surface area contributed by atoms with Crippen LogP contribution in [0.5, 0.6) is 0 Å². The SMILES string of the molecule is N[C@@H](CCO)c1ccc(-c2ccc([N+](=O)[O-])cc2)o1. The van der Waals surface area contributed by atoms with Crippen molar-refractivity contribution < 1.29 is 14.4 Å². The van der Waals surface area contributed by atoms with E-state index < -0.39 is 4.92 Å². The third-order valence-electron chi connectivity index (χ3n) is 2.79. The van der Waals surface area contributed by atoms with Crippen LogP contribution in [0.1, 0.15) is 18.2 Å². The minimum absolute atomic E-state index is 0.00523. The minimum Gasteiger partial charge on any atom is -0.459 e. The van der Waals surface area contributed by atoms with E-state index in [2.05, 4.69) is 0 Å². The van der Waals surface area contributed by atoms with E-state index in [-0.39, 0.29) is 18.3 Å². The average molecular weight is 262 g/mol. The van der Waals surface area contributed by atoms with Gasteiger partial charge in [-0.25, -0.2) is 0 Å². The summed E-state index contributed by atoms with van der Waals surface area (Å²) in [5.74, 6) is 1.18. The molecule has 0 aliphatic carbocycles. The summed E-state index contributed by atoms with van der Waals surface area (Å²) in [7, 11) is 0. The zero-order valence-corrected chi connectivity index (χ0v) is 10.2. The highest BCUT2D eigenvalue weighted by atomic mass is 16.6. The highest BCUT2D eigenvalue weighted by molar-refractivity contribution is 5.59. The second-order valence-corrected chi connectivity index (χ2v) is 4.12. The molecule has 0 radical (unpaired) electrons. The van der Waals surface area contributed by atoms with Crippen LogP contribution in [-0.2, 0) is 0 Å². The number of non-ortho nitro benzene ring substituents is 1. The molecule has 2 aromatic rings. The van der Waals surface area contributed by atoms with Crippen LogP contribution >= 0.6 is 0 Å². The Morgan fingerprint density at radius 2 is 1.95 bits per heavy atom. The number of benzene rings is 1. The second kappa shape index (κ2) is 5.64. The second-order valence-electron chi connectivity index (χ2n) is 4.12. The number of hydrogen-bond acceptors (Lipinski definition) is 5. The van der Waals surface area contributed by atoms with Crippen LogP contribution in [-0.4, -0.2) is 16.6 Å². The molecular formula is C13H14N2O4. The first-order valence-electron chi connectivity index (χ1n) is 5.83. The smallest absolute Gasteiger partial charge is 0.269 e. The van der Waals surface area contributed by atoms with Crippen LogP contribution in [0.25, 0.3) is 11.3 Å². The first-order valence-corrected chi connectivity index (χ1v) is 5.83. The summed E-state index contributed by atoms with van der Waals surface area (Å²) >= 11 is 0. The van der Waals surface area contributed by atoms with E-state index in [0.717, 1.165) is 5.56 Å². The Bertz CT molecular complexity index is 562. The molecule has 0 fully saturated rings. The number of nitro groups is 1. The third kappa shape index (κ3) is 2.98. The summed E-state index contributed by atoms with van der Waals surface area (Å²) in [6.45, 7) is -0.00523. The van der Waals surface area contributed by atoms with Gasteiger partial charge in [0.1, 0.15) is 11.5 Å². The summed E-state index contributed by atoms with van der Waals surface area (Å²) in [4.78, 5) is 10.1. The molecule has 0 unspecified atom stereocenters. The fourth-order valence-corrected chi connectivity index (χ4v) is 1.74. The third-order valence-corrected chi connectivity index (χ3v) is 2.79. The minimum atomic E-state index is -0.450. The van der Waals surface area contributed by atoms with Crippen LogP contribution in [0.15, 0.2) is 40.8 Å². The quantitative estimate of drug-likeness (QED) is 0.635. The summed E-state index contributed by atoms with van der Waals surface area (Å²) in [5.41, 5.74) is 6.60. The summed E-state index contributed by atoms with van der Waals surface area (Å²) in [6, 6.07) is 9.24. The van der Waals surface area contributed by atoms with Crippen molar-refractivity contribution in [2.24, 2.45) is 5.73 Å². The van der Waals surface area contributed by atoms with E-state index in [4.69, 9.17) is 15.3 Å². The molecule has 1 aromatic carbocycles. The molecule has 1 heterocycles. The fraction of sp³-hybridized carbons (Fsp3) is 0.231. The zero-order chi connectivity index (χ0) is 13.8. The molecule has 3 N–H and O–H groups in total. The number of furan rings is 1. The molecule has 6 heteroatoms. The van der Waals surface area contributed by atoms with E-state index in [0.29, 0.717) is 17.9 Å². The molecule has 0 bridgehead atoms. The fourth-order valence-electron chi connectivity index (χ4n) is 1.74. The van der Waals surface area contributed by atoms with Gasteiger partial charge < -0.3 is 15.3 Å². The monoisotopic (exact) mass is 262 g/mol. The molecule has 0 saturated heterocycles. The summed E-state index contributed by atoms with van der Waals surface area (Å²) in [6.07, 6.45) is 0.424. The zero-order valence-electron chi connectivity index (χ0n) is 10.2. The van der Waals surface area contributed by atoms with Crippen molar-refractivity contribution in [1.82, 2.24) is 0 Å². The molecule has 0 aliphatic heterocycles. The summed E-state index contributed by atoms with van der Waals surface area (Å²) < 4.78 is 5.58. The lowest BCUT2D eigenvalue weighted by molar-refractivity contribution is -0.384. The standard InChI is InChI=1S/C13H14N2O4/c14-11(7-8-16)13-6-5-12(19-13)9-1-3-10(4-2-9)15(17)18/h1-6,11,16H,7-8,14H2/t11-/m0/s1. The maximum absolute atomic E-state index is 10.6. The molecule has 1 atom stereocenters.